The molecule has 2 aromatic rings. The fraction of sp³-hybridized carbons (Fsp3) is 0.714. The minimum atomic E-state index is -3.88. The number of ether oxygens (including phenoxy) is 1. The van der Waals surface area contributed by atoms with Gasteiger partial charge in [0.25, 0.3) is 0 Å². The summed E-state index contributed by atoms with van der Waals surface area (Å²) in [5.74, 6) is -0.0992. The van der Waals surface area contributed by atoms with Crippen molar-refractivity contribution in [3.8, 4) is 0 Å². The predicted octanol–water partition coefficient (Wildman–Crippen LogP) is 0.728. The van der Waals surface area contributed by atoms with Gasteiger partial charge in [-0.05, 0) is 27.2 Å². The number of likely N-dealkylation sites (N-methyl/N-ethyl adjacent to an activating group) is 1. The number of aryl methyl sites for hydroxylation is 3. The van der Waals surface area contributed by atoms with Gasteiger partial charge in [-0.3, -0.25) is 9.48 Å². The number of fused-ring (bicyclic) bond motifs is 2. The molecule has 0 spiro atoms. The second-order valence-electron chi connectivity index (χ2n) is 8.92. The van der Waals surface area contributed by atoms with Crippen molar-refractivity contribution in [3.63, 3.8) is 0 Å². The first-order chi connectivity index (χ1) is 16.0. The number of sulfonamides is 1. The molecule has 0 aliphatic carbocycles. The zero-order chi connectivity index (χ0) is 25.0. The van der Waals surface area contributed by atoms with E-state index in [0.717, 1.165) is 0 Å². The molecule has 1 aliphatic heterocycles. The molecule has 2 bridgehead atoms. The number of hydrogen-bond acceptors (Lipinski definition) is 9. The van der Waals surface area contributed by atoms with Gasteiger partial charge in [0.2, 0.25) is 15.9 Å². The lowest BCUT2D eigenvalue weighted by molar-refractivity contribution is -0.136. The largest absolute Gasteiger partial charge is 0.394 e. The second kappa shape index (κ2) is 10.9. The summed E-state index contributed by atoms with van der Waals surface area (Å²) in [4.78, 5) is 14.6. The molecule has 0 fully saturated rings. The SMILES string of the molecule is Cc1noc(C)c1S(=O)(=O)N(C)C[C@@H]1OCc2cn(nn2)CCCC(=O)N([C@H](C)CO)C[C@@H]1C. The number of aromatic nitrogens is 4. The van der Waals surface area contributed by atoms with Crippen molar-refractivity contribution in [1.82, 2.24) is 29.4 Å². The number of amides is 1. The number of hydrogen-bond donors (Lipinski definition) is 1. The van der Waals surface area contributed by atoms with Crippen LogP contribution in [-0.4, -0.2) is 87.7 Å². The van der Waals surface area contributed by atoms with Crippen LogP contribution in [0, 0.1) is 19.8 Å². The van der Waals surface area contributed by atoms with E-state index in [0.29, 0.717) is 37.3 Å². The van der Waals surface area contributed by atoms with Crippen LogP contribution < -0.4 is 0 Å². The summed E-state index contributed by atoms with van der Waals surface area (Å²) in [6.07, 6.45) is 2.10. The van der Waals surface area contributed by atoms with E-state index < -0.39 is 16.1 Å². The minimum Gasteiger partial charge on any atom is -0.394 e. The third-order valence-electron chi connectivity index (χ3n) is 6.12. The maximum Gasteiger partial charge on any atom is 0.248 e. The smallest absolute Gasteiger partial charge is 0.248 e. The molecule has 13 heteroatoms. The van der Waals surface area contributed by atoms with Gasteiger partial charge >= 0.3 is 0 Å². The highest BCUT2D eigenvalue weighted by Crippen LogP contribution is 2.24. The van der Waals surface area contributed by atoms with Crippen LogP contribution in [0.25, 0.3) is 0 Å². The first-order valence-electron chi connectivity index (χ1n) is 11.3. The summed E-state index contributed by atoms with van der Waals surface area (Å²) >= 11 is 0. The van der Waals surface area contributed by atoms with Crippen molar-refractivity contribution < 1.29 is 27.6 Å². The van der Waals surface area contributed by atoms with Crippen LogP contribution >= 0.6 is 0 Å². The summed E-state index contributed by atoms with van der Waals surface area (Å²) < 4.78 is 40.6. The Morgan fingerprint density at radius 2 is 2.09 bits per heavy atom. The molecule has 0 saturated carbocycles. The number of aliphatic hydroxyl groups excluding tert-OH is 1. The molecule has 2 aromatic heterocycles. The van der Waals surface area contributed by atoms with E-state index in [4.69, 9.17) is 9.26 Å². The maximum absolute atomic E-state index is 13.3. The molecule has 1 aliphatic rings. The van der Waals surface area contributed by atoms with Crippen LogP contribution in [0.4, 0.5) is 0 Å². The monoisotopic (exact) mass is 498 g/mol. The fourth-order valence-corrected chi connectivity index (χ4v) is 5.51. The van der Waals surface area contributed by atoms with E-state index in [1.54, 1.807) is 36.5 Å². The van der Waals surface area contributed by atoms with E-state index >= 15 is 0 Å². The van der Waals surface area contributed by atoms with Crippen molar-refractivity contribution in [2.45, 2.75) is 70.7 Å². The Bertz CT molecular complexity index is 1060. The molecule has 3 atom stereocenters. The average Bonchev–Trinajstić information content (AvgIpc) is 3.39. The summed E-state index contributed by atoms with van der Waals surface area (Å²) in [6.45, 7) is 7.70. The van der Waals surface area contributed by atoms with Gasteiger partial charge < -0.3 is 19.3 Å². The van der Waals surface area contributed by atoms with Crippen LogP contribution in [0.1, 0.15) is 43.8 Å². The molecule has 190 valence electrons. The standard InChI is InChI=1S/C21H34N6O6S/c1-14-9-27(15(2)12-28)20(29)7-6-8-26-10-18(22-24-26)13-32-19(14)11-25(5)34(30,31)21-16(3)23-33-17(21)4/h10,14-15,19,28H,6-9,11-13H2,1-5H3/t14-,15+,19-/m0/s1. The summed E-state index contributed by atoms with van der Waals surface area (Å²) in [5, 5.41) is 21.7. The number of aliphatic hydroxyl groups is 1. The molecule has 1 N–H and O–H groups in total. The van der Waals surface area contributed by atoms with Crippen molar-refractivity contribution >= 4 is 15.9 Å². The first kappa shape index (κ1) is 26.3. The van der Waals surface area contributed by atoms with Crippen LogP contribution in [-0.2, 0) is 32.7 Å². The van der Waals surface area contributed by atoms with Crippen molar-refractivity contribution in [3.05, 3.63) is 23.3 Å². The number of rotatable bonds is 6. The van der Waals surface area contributed by atoms with Crippen LogP contribution in [0.5, 0.6) is 0 Å². The molecule has 0 aromatic carbocycles. The number of nitrogens with zero attached hydrogens (tertiary/aromatic N) is 6. The quantitative estimate of drug-likeness (QED) is 0.609. The summed E-state index contributed by atoms with van der Waals surface area (Å²) in [6, 6.07) is -0.373. The Morgan fingerprint density at radius 3 is 2.74 bits per heavy atom. The molecule has 3 rings (SSSR count). The average molecular weight is 499 g/mol. The highest BCUT2D eigenvalue weighted by Gasteiger charge is 2.33. The highest BCUT2D eigenvalue weighted by atomic mass is 32.2. The van der Waals surface area contributed by atoms with Gasteiger partial charge in [-0.1, -0.05) is 17.3 Å². The van der Waals surface area contributed by atoms with E-state index in [1.165, 1.54) is 11.4 Å². The van der Waals surface area contributed by atoms with Gasteiger partial charge in [0.1, 0.15) is 16.3 Å². The Balaban J connectivity index is 1.88. The Labute approximate surface area is 199 Å². The van der Waals surface area contributed by atoms with E-state index in [1.807, 2.05) is 6.92 Å². The zero-order valence-electron chi connectivity index (χ0n) is 20.3. The lowest BCUT2D eigenvalue weighted by Gasteiger charge is -2.35. The van der Waals surface area contributed by atoms with Gasteiger partial charge in [-0.25, -0.2) is 8.42 Å². The van der Waals surface area contributed by atoms with E-state index in [9.17, 15) is 18.3 Å². The number of carbonyl (C=O) groups is 1. The Morgan fingerprint density at radius 1 is 1.35 bits per heavy atom. The Kier molecular flexibility index (Phi) is 8.44. The third kappa shape index (κ3) is 5.82. The maximum atomic E-state index is 13.3. The molecule has 34 heavy (non-hydrogen) atoms. The van der Waals surface area contributed by atoms with E-state index in [-0.39, 0.29) is 48.3 Å². The normalized spacial score (nSPS) is 21.7. The van der Waals surface area contributed by atoms with Crippen molar-refractivity contribution in [2.75, 3.05) is 26.7 Å². The molecule has 0 unspecified atom stereocenters. The molecular weight excluding hydrogens is 464 g/mol. The van der Waals surface area contributed by atoms with Crippen LogP contribution in [0.3, 0.4) is 0 Å². The van der Waals surface area contributed by atoms with Gasteiger partial charge in [0.15, 0.2) is 5.76 Å². The van der Waals surface area contributed by atoms with Crippen molar-refractivity contribution in [1.29, 1.82) is 0 Å². The van der Waals surface area contributed by atoms with E-state index in [2.05, 4.69) is 15.5 Å². The zero-order valence-corrected chi connectivity index (χ0v) is 21.2. The lowest BCUT2D eigenvalue weighted by atomic mass is 10.0. The first-order valence-corrected chi connectivity index (χ1v) is 12.8. The fourth-order valence-electron chi connectivity index (χ4n) is 4.04. The minimum absolute atomic E-state index is 0.0389. The highest BCUT2D eigenvalue weighted by molar-refractivity contribution is 7.89. The van der Waals surface area contributed by atoms with Gasteiger partial charge in [-0.2, -0.15) is 4.31 Å². The van der Waals surface area contributed by atoms with Gasteiger partial charge in [0.05, 0.1) is 31.6 Å². The van der Waals surface area contributed by atoms with Crippen LogP contribution in [0.2, 0.25) is 0 Å². The second-order valence-corrected chi connectivity index (χ2v) is 10.9. The van der Waals surface area contributed by atoms with Crippen molar-refractivity contribution in [2.24, 2.45) is 5.92 Å². The van der Waals surface area contributed by atoms with Gasteiger partial charge in [0, 0.05) is 39.0 Å². The predicted molar refractivity (Wildman–Crippen MR) is 121 cm³/mol. The molecule has 1 amide bonds. The third-order valence-corrected chi connectivity index (χ3v) is 8.19. The molecule has 0 saturated heterocycles. The lowest BCUT2D eigenvalue weighted by Crippen LogP contribution is -2.47. The molecule has 0 radical (unpaired) electrons. The van der Waals surface area contributed by atoms with Crippen LogP contribution in [0.15, 0.2) is 15.6 Å². The molecule has 3 heterocycles. The van der Waals surface area contributed by atoms with Gasteiger partial charge in [-0.15, -0.1) is 5.10 Å². The molecular formula is C21H34N6O6S. The summed E-state index contributed by atoms with van der Waals surface area (Å²) in [5.41, 5.74) is 0.915. The molecule has 12 nitrogen and oxygen atoms in total. The Hall–Kier alpha value is -2.35. The number of carbonyl (C=O) groups excluding carboxylic acids is 1. The topological polar surface area (TPSA) is 144 Å². The summed E-state index contributed by atoms with van der Waals surface area (Å²) in [7, 11) is -2.40.